The Hall–Kier alpha value is -1.79. The standard InChI is InChI=1S/C17H21ClN2O4/c1-17(2,3)13-9-23-6-5-20(13)16-19-14-11(15(21)22-4)7-10(18)8-12(14)24-16/h7-8,13H,5-6,9H2,1-4H3/t13-/m1/s1. The highest BCUT2D eigenvalue weighted by atomic mass is 35.5. The molecule has 130 valence electrons. The van der Waals surface area contributed by atoms with Gasteiger partial charge in [-0.2, -0.15) is 4.98 Å². The van der Waals surface area contributed by atoms with Gasteiger partial charge in [-0.1, -0.05) is 32.4 Å². The molecule has 24 heavy (non-hydrogen) atoms. The Morgan fingerprint density at radius 1 is 1.42 bits per heavy atom. The third kappa shape index (κ3) is 3.08. The van der Waals surface area contributed by atoms with E-state index in [-0.39, 0.29) is 11.5 Å². The minimum Gasteiger partial charge on any atom is -0.465 e. The number of ether oxygens (including phenoxy) is 2. The van der Waals surface area contributed by atoms with Crippen LogP contribution in [0.1, 0.15) is 31.1 Å². The van der Waals surface area contributed by atoms with Crippen LogP contribution in [0.3, 0.4) is 0 Å². The van der Waals surface area contributed by atoms with Crippen LogP contribution in [0.5, 0.6) is 0 Å². The second kappa shape index (κ2) is 6.26. The molecule has 0 amide bonds. The van der Waals surface area contributed by atoms with E-state index in [4.69, 9.17) is 25.5 Å². The van der Waals surface area contributed by atoms with Crippen LogP contribution in [0.2, 0.25) is 5.02 Å². The predicted molar refractivity (Wildman–Crippen MR) is 91.8 cm³/mol. The van der Waals surface area contributed by atoms with Gasteiger partial charge in [0.1, 0.15) is 5.52 Å². The van der Waals surface area contributed by atoms with Crippen LogP contribution >= 0.6 is 11.6 Å². The fourth-order valence-corrected chi connectivity index (χ4v) is 3.13. The maximum Gasteiger partial charge on any atom is 0.340 e. The van der Waals surface area contributed by atoms with Gasteiger partial charge in [0.2, 0.25) is 0 Å². The zero-order valence-electron chi connectivity index (χ0n) is 14.3. The quantitative estimate of drug-likeness (QED) is 0.770. The number of fused-ring (bicyclic) bond motifs is 1. The largest absolute Gasteiger partial charge is 0.465 e. The summed E-state index contributed by atoms with van der Waals surface area (Å²) in [6.07, 6.45) is 0. The summed E-state index contributed by atoms with van der Waals surface area (Å²) in [6, 6.07) is 3.80. The highest BCUT2D eigenvalue weighted by molar-refractivity contribution is 6.31. The summed E-state index contributed by atoms with van der Waals surface area (Å²) in [5, 5.41) is 0.403. The van der Waals surface area contributed by atoms with Crippen molar-refractivity contribution in [2.24, 2.45) is 5.41 Å². The Labute approximate surface area is 145 Å². The van der Waals surface area contributed by atoms with Crippen LogP contribution in [-0.4, -0.2) is 43.9 Å². The maximum absolute atomic E-state index is 12.0. The summed E-state index contributed by atoms with van der Waals surface area (Å²) in [5.41, 5.74) is 1.22. The van der Waals surface area contributed by atoms with Crippen molar-refractivity contribution in [1.29, 1.82) is 0 Å². The molecule has 0 spiro atoms. The molecule has 0 radical (unpaired) electrons. The average Bonchev–Trinajstić information content (AvgIpc) is 2.96. The minimum absolute atomic E-state index is 0.0100. The summed E-state index contributed by atoms with van der Waals surface area (Å²) >= 11 is 6.09. The minimum atomic E-state index is -0.489. The third-order valence-corrected chi connectivity index (χ3v) is 4.45. The van der Waals surface area contributed by atoms with Gasteiger partial charge in [-0.25, -0.2) is 4.79 Å². The number of anilines is 1. The summed E-state index contributed by atoms with van der Waals surface area (Å²) in [6.45, 7) is 8.34. The van der Waals surface area contributed by atoms with E-state index >= 15 is 0 Å². The van der Waals surface area contributed by atoms with Gasteiger partial charge in [-0.05, 0) is 11.5 Å². The molecule has 1 atom stereocenters. The lowest BCUT2D eigenvalue weighted by molar-refractivity contribution is 0.0560. The van der Waals surface area contributed by atoms with Crippen molar-refractivity contribution in [3.63, 3.8) is 0 Å². The van der Waals surface area contributed by atoms with E-state index < -0.39 is 5.97 Å². The van der Waals surface area contributed by atoms with Crippen molar-refractivity contribution in [3.8, 4) is 0 Å². The number of methoxy groups -OCH3 is 1. The fourth-order valence-electron chi connectivity index (χ4n) is 2.92. The van der Waals surface area contributed by atoms with Crippen LogP contribution in [0.25, 0.3) is 11.1 Å². The van der Waals surface area contributed by atoms with Crippen molar-refractivity contribution >= 4 is 34.7 Å². The molecule has 7 heteroatoms. The van der Waals surface area contributed by atoms with Crippen molar-refractivity contribution in [2.75, 3.05) is 31.8 Å². The second-order valence-electron chi connectivity index (χ2n) is 6.94. The Morgan fingerprint density at radius 2 is 2.17 bits per heavy atom. The summed E-state index contributed by atoms with van der Waals surface area (Å²) in [4.78, 5) is 18.6. The second-order valence-corrected chi connectivity index (χ2v) is 7.37. The van der Waals surface area contributed by atoms with E-state index in [9.17, 15) is 4.79 Å². The molecule has 0 unspecified atom stereocenters. The number of morpholine rings is 1. The van der Waals surface area contributed by atoms with Crippen molar-refractivity contribution in [1.82, 2.24) is 4.98 Å². The number of esters is 1. The van der Waals surface area contributed by atoms with E-state index in [2.05, 4.69) is 30.7 Å². The molecule has 6 nitrogen and oxygen atoms in total. The normalized spacial score (nSPS) is 18.9. The number of hydrogen-bond acceptors (Lipinski definition) is 6. The third-order valence-electron chi connectivity index (χ3n) is 4.23. The van der Waals surface area contributed by atoms with Gasteiger partial charge < -0.3 is 18.8 Å². The van der Waals surface area contributed by atoms with Crippen LogP contribution < -0.4 is 4.90 Å². The SMILES string of the molecule is COC(=O)c1cc(Cl)cc2oc(N3CCOC[C@@H]3C(C)(C)C)nc12. The lowest BCUT2D eigenvalue weighted by Crippen LogP contribution is -2.52. The first-order valence-corrected chi connectivity index (χ1v) is 8.22. The summed E-state index contributed by atoms with van der Waals surface area (Å²) in [7, 11) is 1.33. The van der Waals surface area contributed by atoms with Crippen LogP contribution in [-0.2, 0) is 9.47 Å². The lowest BCUT2D eigenvalue weighted by atomic mass is 9.85. The molecular weight excluding hydrogens is 332 g/mol. The van der Waals surface area contributed by atoms with Crippen molar-refractivity contribution in [3.05, 3.63) is 22.7 Å². The molecule has 1 aromatic carbocycles. The first-order chi connectivity index (χ1) is 11.3. The van der Waals surface area contributed by atoms with Gasteiger partial charge in [0, 0.05) is 17.6 Å². The molecule has 0 bridgehead atoms. The molecule has 1 saturated heterocycles. The van der Waals surface area contributed by atoms with Gasteiger partial charge in [0.15, 0.2) is 5.58 Å². The number of benzene rings is 1. The van der Waals surface area contributed by atoms with Crippen LogP contribution in [0.4, 0.5) is 6.01 Å². The molecule has 1 aromatic heterocycles. The summed E-state index contributed by atoms with van der Waals surface area (Å²) in [5.74, 6) is -0.489. The van der Waals surface area contributed by atoms with Crippen LogP contribution in [0.15, 0.2) is 16.5 Å². The number of rotatable bonds is 2. The smallest absolute Gasteiger partial charge is 0.340 e. The number of hydrogen-bond donors (Lipinski definition) is 0. The Kier molecular flexibility index (Phi) is 4.44. The van der Waals surface area contributed by atoms with E-state index in [1.54, 1.807) is 12.1 Å². The fraction of sp³-hybridized carbons (Fsp3) is 0.529. The number of halogens is 1. The Balaban J connectivity index is 2.08. The number of carbonyl (C=O) groups excluding carboxylic acids is 1. The topological polar surface area (TPSA) is 64.8 Å². The zero-order chi connectivity index (χ0) is 17.5. The van der Waals surface area contributed by atoms with Gasteiger partial charge in [-0.3, -0.25) is 0 Å². The highest BCUT2D eigenvalue weighted by Gasteiger charge is 2.36. The molecular formula is C17H21ClN2O4. The molecule has 1 fully saturated rings. The molecule has 2 aromatic rings. The van der Waals surface area contributed by atoms with E-state index in [0.29, 0.717) is 47.5 Å². The molecule has 0 saturated carbocycles. The Morgan fingerprint density at radius 3 is 2.83 bits per heavy atom. The maximum atomic E-state index is 12.0. The van der Waals surface area contributed by atoms with Crippen molar-refractivity contribution < 1.29 is 18.7 Å². The zero-order valence-corrected chi connectivity index (χ0v) is 15.0. The predicted octanol–water partition coefficient (Wildman–Crippen LogP) is 3.52. The average molecular weight is 353 g/mol. The van der Waals surface area contributed by atoms with E-state index in [0.717, 1.165) is 0 Å². The molecule has 0 N–H and O–H groups in total. The molecule has 1 aliphatic heterocycles. The number of oxazole rings is 1. The highest BCUT2D eigenvalue weighted by Crippen LogP contribution is 2.34. The molecule has 1 aliphatic rings. The van der Waals surface area contributed by atoms with Gasteiger partial charge >= 0.3 is 5.97 Å². The lowest BCUT2D eigenvalue weighted by Gasteiger charge is -2.42. The van der Waals surface area contributed by atoms with Gasteiger partial charge in [0.05, 0.1) is 31.9 Å². The van der Waals surface area contributed by atoms with Gasteiger partial charge in [-0.15, -0.1) is 0 Å². The molecule has 3 rings (SSSR count). The van der Waals surface area contributed by atoms with E-state index in [1.165, 1.54) is 7.11 Å². The van der Waals surface area contributed by atoms with Gasteiger partial charge in [0.25, 0.3) is 6.01 Å². The number of aromatic nitrogens is 1. The number of nitrogens with zero attached hydrogens (tertiary/aromatic N) is 2. The van der Waals surface area contributed by atoms with Crippen molar-refractivity contribution in [2.45, 2.75) is 26.8 Å². The monoisotopic (exact) mass is 352 g/mol. The van der Waals surface area contributed by atoms with E-state index in [1.807, 2.05) is 0 Å². The number of carbonyl (C=O) groups is 1. The van der Waals surface area contributed by atoms with Crippen LogP contribution in [0, 0.1) is 5.41 Å². The first-order valence-electron chi connectivity index (χ1n) is 7.84. The Bertz CT molecular complexity index is 766. The molecule has 0 aliphatic carbocycles. The summed E-state index contributed by atoms with van der Waals surface area (Å²) < 4.78 is 16.4. The first kappa shape index (κ1) is 17.0. The molecule has 2 heterocycles.